The molecule has 4 nitrogen and oxygen atoms in total. The minimum Gasteiger partial charge on any atom is -0.353 e. The van der Waals surface area contributed by atoms with Crippen molar-refractivity contribution in [2.45, 2.75) is 89.1 Å². The van der Waals surface area contributed by atoms with E-state index in [0.717, 1.165) is 49.4 Å². The zero-order valence-corrected chi connectivity index (χ0v) is 15.9. The summed E-state index contributed by atoms with van der Waals surface area (Å²) in [5.41, 5.74) is 0. The average Bonchev–Trinajstić information content (AvgIpc) is 3.43. The van der Waals surface area contributed by atoms with Crippen molar-refractivity contribution in [2.24, 2.45) is 35.5 Å². The maximum atomic E-state index is 12.7. The molecule has 5 aliphatic carbocycles. The predicted molar refractivity (Wildman–Crippen MR) is 100 cm³/mol. The van der Waals surface area contributed by atoms with Crippen molar-refractivity contribution in [1.29, 1.82) is 0 Å². The number of hydrogen-bond donors (Lipinski definition) is 2. The summed E-state index contributed by atoms with van der Waals surface area (Å²) in [6.45, 7) is 0. The zero-order valence-electron chi connectivity index (χ0n) is 15.9. The lowest BCUT2D eigenvalue weighted by molar-refractivity contribution is -0.131. The van der Waals surface area contributed by atoms with Gasteiger partial charge in [-0.1, -0.05) is 12.8 Å². The first-order valence-electron chi connectivity index (χ1n) is 11.3. The van der Waals surface area contributed by atoms with Crippen molar-refractivity contribution in [3.63, 3.8) is 0 Å². The minimum absolute atomic E-state index is 0.140. The lowest BCUT2D eigenvalue weighted by Gasteiger charge is -2.31. The molecule has 0 heterocycles. The Morgan fingerprint density at radius 1 is 0.538 bits per heavy atom. The van der Waals surface area contributed by atoms with E-state index >= 15 is 0 Å². The van der Waals surface area contributed by atoms with Gasteiger partial charge in [0.25, 0.3) is 0 Å². The van der Waals surface area contributed by atoms with E-state index in [0.29, 0.717) is 12.1 Å². The fourth-order valence-electron chi connectivity index (χ4n) is 7.06. The molecule has 6 atom stereocenters. The van der Waals surface area contributed by atoms with Crippen molar-refractivity contribution in [2.75, 3.05) is 0 Å². The summed E-state index contributed by atoms with van der Waals surface area (Å²) in [4.78, 5) is 25.3. The Morgan fingerprint density at radius 3 is 1.27 bits per heavy atom. The van der Waals surface area contributed by atoms with E-state index in [1.807, 2.05) is 0 Å². The summed E-state index contributed by atoms with van der Waals surface area (Å²) in [6, 6.07) is 0.889. The molecule has 26 heavy (non-hydrogen) atoms. The van der Waals surface area contributed by atoms with Gasteiger partial charge in [-0.05, 0) is 87.9 Å². The van der Waals surface area contributed by atoms with Crippen molar-refractivity contribution < 1.29 is 9.59 Å². The third-order valence-corrected chi connectivity index (χ3v) is 8.60. The summed E-state index contributed by atoms with van der Waals surface area (Å²) in [5, 5.41) is 6.72. The molecule has 2 N–H and O–H groups in total. The van der Waals surface area contributed by atoms with Crippen LogP contribution < -0.4 is 10.6 Å². The maximum Gasteiger partial charge on any atom is 0.223 e. The second-order valence-electron chi connectivity index (χ2n) is 10.1. The van der Waals surface area contributed by atoms with Crippen LogP contribution in [0.2, 0.25) is 0 Å². The molecule has 4 bridgehead atoms. The second kappa shape index (κ2) is 6.83. The normalized spacial score (nSPS) is 46.5. The number of nitrogens with one attached hydrogen (secondary N) is 2. The Labute approximate surface area is 157 Å². The van der Waals surface area contributed by atoms with Gasteiger partial charge in [-0.25, -0.2) is 0 Å². The molecule has 0 spiro atoms. The fourth-order valence-corrected chi connectivity index (χ4v) is 7.06. The van der Waals surface area contributed by atoms with Gasteiger partial charge in [-0.2, -0.15) is 0 Å². The maximum absolute atomic E-state index is 12.7. The van der Waals surface area contributed by atoms with Gasteiger partial charge < -0.3 is 10.6 Å². The Kier molecular flexibility index (Phi) is 4.48. The van der Waals surface area contributed by atoms with E-state index < -0.39 is 0 Å². The largest absolute Gasteiger partial charge is 0.353 e. The molecule has 0 radical (unpaired) electrons. The van der Waals surface area contributed by atoms with E-state index in [4.69, 9.17) is 0 Å². The number of carbonyl (C=O) groups excluding carboxylic acids is 2. The molecule has 144 valence electrons. The monoisotopic (exact) mass is 358 g/mol. The van der Waals surface area contributed by atoms with E-state index in [2.05, 4.69) is 10.6 Å². The van der Waals surface area contributed by atoms with Crippen LogP contribution in [0.4, 0.5) is 0 Å². The summed E-state index contributed by atoms with van der Waals surface area (Å²) in [6.07, 6.45) is 14.0. The fraction of sp³-hybridized carbons (Fsp3) is 0.909. The summed E-state index contributed by atoms with van der Waals surface area (Å²) < 4.78 is 0. The Morgan fingerprint density at radius 2 is 0.962 bits per heavy atom. The first kappa shape index (κ1) is 17.1. The van der Waals surface area contributed by atoms with E-state index in [-0.39, 0.29) is 23.7 Å². The quantitative estimate of drug-likeness (QED) is 0.809. The minimum atomic E-state index is 0.140. The van der Waals surface area contributed by atoms with E-state index in [1.165, 1.54) is 51.4 Å². The molecule has 0 aromatic rings. The lowest BCUT2D eigenvalue weighted by Crippen LogP contribution is -2.45. The standard InChI is InChI=1S/C22H34N2O2/c25-21(23-19-11-13-1-3-17(19)9-13)15-5-7-16(8-6-15)22(26)24-20-12-14-2-4-18(20)10-14/h13-20H,1-12H2,(H,23,25)(H,24,26). The highest BCUT2D eigenvalue weighted by Crippen LogP contribution is 2.45. The highest BCUT2D eigenvalue weighted by molar-refractivity contribution is 5.81. The first-order valence-corrected chi connectivity index (χ1v) is 11.3. The van der Waals surface area contributed by atoms with Gasteiger partial charge in [0.1, 0.15) is 0 Å². The summed E-state index contributed by atoms with van der Waals surface area (Å²) in [7, 11) is 0. The smallest absolute Gasteiger partial charge is 0.223 e. The van der Waals surface area contributed by atoms with Crippen molar-refractivity contribution in [3.05, 3.63) is 0 Å². The van der Waals surface area contributed by atoms with Crippen LogP contribution in [0.1, 0.15) is 77.0 Å². The highest BCUT2D eigenvalue weighted by Gasteiger charge is 2.42. The summed E-state index contributed by atoms with van der Waals surface area (Å²) >= 11 is 0. The van der Waals surface area contributed by atoms with Crippen LogP contribution in [0.15, 0.2) is 0 Å². The Bertz CT molecular complexity index is 518. The molecule has 5 fully saturated rings. The molecule has 5 aliphatic rings. The van der Waals surface area contributed by atoms with Crippen molar-refractivity contribution in [1.82, 2.24) is 10.6 Å². The molecule has 0 aromatic carbocycles. The van der Waals surface area contributed by atoms with Crippen molar-refractivity contribution in [3.8, 4) is 0 Å². The van der Waals surface area contributed by atoms with Crippen LogP contribution in [-0.2, 0) is 9.59 Å². The van der Waals surface area contributed by atoms with Crippen LogP contribution >= 0.6 is 0 Å². The molecule has 5 rings (SSSR count). The van der Waals surface area contributed by atoms with Gasteiger partial charge in [-0.15, -0.1) is 0 Å². The molecular weight excluding hydrogens is 324 g/mol. The zero-order chi connectivity index (χ0) is 17.7. The van der Waals surface area contributed by atoms with Crippen LogP contribution in [0, 0.1) is 35.5 Å². The van der Waals surface area contributed by atoms with Gasteiger partial charge in [-0.3, -0.25) is 9.59 Å². The number of carbonyl (C=O) groups is 2. The molecule has 6 unspecified atom stereocenters. The Hall–Kier alpha value is -1.06. The van der Waals surface area contributed by atoms with Gasteiger partial charge in [0.05, 0.1) is 0 Å². The molecular formula is C22H34N2O2. The first-order chi connectivity index (χ1) is 12.7. The lowest BCUT2D eigenvalue weighted by atomic mass is 9.80. The van der Waals surface area contributed by atoms with Crippen molar-refractivity contribution >= 4 is 11.8 Å². The molecule has 0 aliphatic heterocycles. The van der Waals surface area contributed by atoms with Gasteiger partial charge in [0.15, 0.2) is 0 Å². The van der Waals surface area contributed by atoms with Crippen LogP contribution in [-0.4, -0.2) is 23.9 Å². The number of amides is 2. The SMILES string of the molecule is O=C(NC1CC2CCC1C2)C1CCC(C(=O)NC2CC3CCC2C3)CC1. The average molecular weight is 359 g/mol. The van der Waals surface area contributed by atoms with Gasteiger partial charge >= 0.3 is 0 Å². The van der Waals surface area contributed by atoms with E-state index in [9.17, 15) is 9.59 Å². The molecule has 0 saturated heterocycles. The third-order valence-electron chi connectivity index (χ3n) is 8.60. The number of rotatable bonds is 4. The van der Waals surface area contributed by atoms with Crippen LogP contribution in [0.3, 0.4) is 0 Å². The summed E-state index contributed by atoms with van der Waals surface area (Å²) in [5.74, 6) is 4.05. The molecule has 4 heteroatoms. The third kappa shape index (κ3) is 3.18. The van der Waals surface area contributed by atoms with E-state index in [1.54, 1.807) is 0 Å². The molecule has 0 aromatic heterocycles. The molecule has 5 saturated carbocycles. The highest BCUT2D eigenvalue weighted by atomic mass is 16.2. The second-order valence-corrected chi connectivity index (χ2v) is 10.1. The van der Waals surface area contributed by atoms with Gasteiger partial charge in [0, 0.05) is 23.9 Å². The number of hydrogen-bond acceptors (Lipinski definition) is 2. The van der Waals surface area contributed by atoms with Crippen LogP contribution in [0.25, 0.3) is 0 Å². The van der Waals surface area contributed by atoms with Crippen LogP contribution in [0.5, 0.6) is 0 Å². The number of fused-ring (bicyclic) bond motifs is 4. The Balaban J connectivity index is 1.07. The topological polar surface area (TPSA) is 58.2 Å². The van der Waals surface area contributed by atoms with Gasteiger partial charge in [0.2, 0.25) is 11.8 Å². The predicted octanol–water partition coefficient (Wildman–Crippen LogP) is 3.40. The molecule has 2 amide bonds.